The van der Waals surface area contributed by atoms with E-state index >= 15 is 0 Å². The fourth-order valence-electron chi connectivity index (χ4n) is 2.40. The van der Waals surface area contributed by atoms with E-state index in [0.29, 0.717) is 18.8 Å². The summed E-state index contributed by atoms with van der Waals surface area (Å²) in [5, 5.41) is 3.48. The Bertz CT molecular complexity index is 406. The van der Waals surface area contributed by atoms with Gasteiger partial charge in [0.05, 0.1) is 12.6 Å². The molecular formula is C15H23NO3. The molecule has 0 spiro atoms. The normalized spacial score (nSPS) is 20.9. The van der Waals surface area contributed by atoms with Crippen LogP contribution in [0.2, 0.25) is 0 Å². The van der Waals surface area contributed by atoms with Crippen LogP contribution >= 0.6 is 0 Å². The molecule has 0 atom stereocenters. The van der Waals surface area contributed by atoms with Gasteiger partial charge in [-0.05, 0) is 44.2 Å². The zero-order valence-corrected chi connectivity index (χ0v) is 11.6. The van der Waals surface area contributed by atoms with Gasteiger partial charge in [-0.3, -0.25) is 0 Å². The van der Waals surface area contributed by atoms with Crippen LogP contribution in [0.4, 0.5) is 0 Å². The zero-order chi connectivity index (χ0) is 13.1. The van der Waals surface area contributed by atoms with Gasteiger partial charge >= 0.3 is 0 Å². The number of nitrogens with one attached hydrogen (secondary N) is 1. The van der Waals surface area contributed by atoms with Crippen LogP contribution in [0.3, 0.4) is 0 Å². The van der Waals surface area contributed by atoms with Crippen LogP contribution in [-0.4, -0.2) is 25.4 Å². The molecule has 1 saturated carbocycles. The summed E-state index contributed by atoms with van der Waals surface area (Å²) in [6.45, 7) is 5.16. The van der Waals surface area contributed by atoms with Gasteiger partial charge in [0.25, 0.3) is 0 Å². The van der Waals surface area contributed by atoms with Gasteiger partial charge in [0.1, 0.15) is 18.1 Å². The van der Waals surface area contributed by atoms with Crippen LogP contribution in [0.5, 0.6) is 0 Å². The summed E-state index contributed by atoms with van der Waals surface area (Å²) in [6.07, 6.45) is 4.93. The molecular weight excluding hydrogens is 242 g/mol. The van der Waals surface area contributed by atoms with Crippen molar-refractivity contribution in [2.24, 2.45) is 0 Å². The Hall–Kier alpha value is -0.840. The minimum absolute atomic E-state index is 0.326. The Morgan fingerprint density at radius 2 is 2.05 bits per heavy atom. The average molecular weight is 265 g/mol. The maximum Gasteiger partial charge on any atom is 0.130 e. The summed E-state index contributed by atoms with van der Waals surface area (Å²) >= 11 is 0. The topological polar surface area (TPSA) is 43.6 Å². The van der Waals surface area contributed by atoms with E-state index in [9.17, 15) is 0 Å². The molecule has 4 nitrogen and oxygen atoms in total. The molecule has 0 unspecified atom stereocenters. The van der Waals surface area contributed by atoms with Crippen molar-refractivity contribution in [1.29, 1.82) is 0 Å². The summed E-state index contributed by atoms with van der Waals surface area (Å²) in [6, 6.07) is 2.81. The molecule has 3 rings (SSSR count). The second-order valence-electron chi connectivity index (χ2n) is 5.60. The van der Waals surface area contributed by atoms with E-state index in [-0.39, 0.29) is 0 Å². The minimum atomic E-state index is 0.326. The van der Waals surface area contributed by atoms with Crippen molar-refractivity contribution in [3.8, 4) is 0 Å². The SMILES string of the molecule is Cc1cc(COC2CCOCC2)oc1CNC1CC1. The van der Waals surface area contributed by atoms with Gasteiger partial charge in [-0.1, -0.05) is 0 Å². The molecule has 1 N–H and O–H groups in total. The van der Waals surface area contributed by atoms with Crippen molar-refractivity contribution in [2.45, 2.75) is 57.9 Å². The third-order valence-electron chi connectivity index (χ3n) is 3.83. The predicted octanol–water partition coefficient (Wildman–Crippen LogP) is 2.54. The maximum atomic E-state index is 5.88. The van der Waals surface area contributed by atoms with E-state index in [2.05, 4.69) is 18.3 Å². The molecule has 0 aromatic carbocycles. The van der Waals surface area contributed by atoms with Crippen LogP contribution in [-0.2, 0) is 22.6 Å². The van der Waals surface area contributed by atoms with Crippen molar-refractivity contribution in [3.05, 3.63) is 23.2 Å². The van der Waals surface area contributed by atoms with Gasteiger partial charge < -0.3 is 19.2 Å². The molecule has 19 heavy (non-hydrogen) atoms. The lowest BCUT2D eigenvalue weighted by Crippen LogP contribution is -2.23. The lowest BCUT2D eigenvalue weighted by atomic mass is 10.1. The minimum Gasteiger partial charge on any atom is -0.462 e. The van der Waals surface area contributed by atoms with Crippen LogP contribution in [0.25, 0.3) is 0 Å². The average Bonchev–Trinajstić information content (AvgIpc) is 3.19. The highest BCUT2D eigenvalue weighted by molar-refractivity contribution is 5.19. The quantitative estimate of drug-likeness (QED) is 0.858. The summed E-state index contributed by atoms with van der Waals surface area (Å²) in [7, 11) is 0. The Labute approximate surface area is 114 Å². The number of furan rings is 1. The Morgan fingerprint density at radius 3 is 2.79 bits per heavy atom. The molecule has 2 heterocycles. The van der Waals surface area contributed by atoms with Crippen molar-refractivity contribution >= 4 is 0 Å². The highest BCUT2D eigenvalue weighted by Gasteiger charge is 2.21. The maximum absolute atomic E-state index is 5.88. The van der Waals surface area contributed by atoms with Gasteiger partial charge in [-0.2, -0.15) is 0 Å². The third kappa shape index (κ3) is 3.81. The first kappa shape index (κ1) is 13.2. The Kier molecular flexibility index (Phi) is 4.21. The first-order chi connectivity index (χ1) is 9.31. The molecule has 1 saturated heterocycles. The standard InChI is InChI=1S/C15H23NO3/c1-11-8-14(10-18-13-4-6-17-7-5-13)19-15(11)9-16-12-2-3-12/h8,12-13,16H,2-7,9-10H2,1H3. The summed E-state index contributed by atoms with van der Waals surface area (Å²) in [5.74, 6) is 1.99. The van der Waals surface area contributed by atoms with E-state index in [4.69, 9.17) is 13.9 Å². The van der Waals surface area contributed by atoms with Crippen molar-refractivity contribution < 1.29 is 13.9 Å². The summed E-state index contributed by atoms with van der Waals surface area (Å²) < 4.78 is 17.1. The predicted molar refractivity (Wildman–Crippen MR) is 71.9 cm³/mol. The van der Waals surface area contributed by atoms with Crippen molar-refractivity contribution in [3.63, 3.8) is 0 Å². The second-order valence-corrected chi connectivity index (χ2v) is 5.60. The number of aryl methyl sites for hydroxylation is 1. The molecule has 106 valence electrons. The van der Waals surface area contributed by atoms with Crippen LogP contribution in [0, 0.1) is 6.92 Å². The summed E-state index contributed by atoms with van der Waals surface area (Å²) in [5.41, 5.74) is 1.22. The molecule has 1 aromatic rings. The lowest BCUT2D eigenvalue weighted by Gasteiger charge is -2.21. The number of hydrogen-bond acceptors (Lipinski definition) is 4. The second kappa shape index (κ2) is 6.07. The van der Waals surface area contributed by atoms with Crippen molar-refractivity contribution in [1.82, 2.24) is 5.32 Å². The summed E-state index contributed by atoms with van der Waals surface area (Å²) in [4.78, 5) is 0. The van der Waals surface area contributed by atoms with E-state index in [1.165, 1.54) is 18.4 Å². The molecule has 1 aliphatic carbocycles. The Morgan fingerprint density at radius 1 is 1.26 bits per heavy atom. The molecule has 0 radical (unpaired) electrons. The Balaban J connectivity index is 1.48. The van der Waals surface area contributed by atoms with Crippen molar-refractivity contribution in [2.75, 3.05) is 13.2 Å². The van der Waals surface area contributed by atoms with E-state index in [1.807, 2.05) is 0 Å². The van der Waals surface area contributed by atoms with E-state index in [1.54, 1.807) is 0 Å². The molecule has 1 aliphatic heterocycles. The first-order valence-electron chi connectivity index (χ1n) is 7.32. The highest BCUT2D eigenvalue weighted by atomic mass is 16.5. The molecule has 4 heteroatoms. The fourth-order valence-corrected chi connectivity index (χ4v) is 2.40. The van der Waals surface area contributed by atoms with Gasteiger partial charge in [0.15, 0.2) is 0 Å². The number of rotatable bonds is 6. The largest absolute Gasteiger partial charge is 0.462 e. The number of ether oxygens (including phenoxy) is 2. The zero-order valence-electron chi connectivity index (χ0n) is 11.6. The van der Waals surface area contributed by atoms with Gasteiger partial charge in [-0.25, -0.2) is 0 Å². The van der Waals surface area contributed by atoms with Crippen LogP contribution in [0.1, 0.15) is 42.8 Å². The smallest absolute Gasteiger partial charge is 0.130 e. The van der Waals surface area contributed by atoms with Gasteiger partial charge in [-0.15, -0.1) is 0 Å². The molecule has 0 bridgehead atoms. The molecule has 1 aromatic heterocycles. The van der Waals surface area contributed by atoms with Crippen LogP contribution < -0.4 is 5.32 Å². The van der Waals surface area contributed by atoms with Crippen LogP contribution in [0.15, 0.2) is 10.5 Å². The highest BCUT2D eigenvalue weighted by Crippen LogP contribution is 2.22. The molecule has 2 aliphatic rings. The van der Waals surface area contributed by atoms with E-state index in [0.717, 1.165) is 44.1 Å². The first-order valence-corrected chi connectivity index (χ1v) is 7.32. The monoisotopic (exact) mass is 265 g/mol. The fraction of sp³-hybridized carbons (Fsp3) is 0.733. The number of hydrogen-bond donors (Lipinski definition) is 1. The van der Waals surface area contributed by atoms with E-state index < -0.39 is 0 Å². The van der Waals surface area contributed by atoms with Gasteiger partial charge in [0, 0.05) is 19.3 Å². The third-order valence-corrected chi connectivity index (χ3v) is 3.83. The van der Waals surface area contributed by atoms with Gasteiger partial charge in [0.2, 0.25) is 0 Å². The molecule has 0 amide bonds. The molecule has 2 fully saturated rings. The lowest BCUT2D eigenvalue weighted by molar-refractivity contribution is -0.0435.